The van der Waals surface area contributed by atoms with Crippen LogP contribution < -0.4 is 0 Å². The number of methoxy groups -OCH3 is 1. The van der Waals surface area contributed by atoms with E-state index >= 15 is 0 Å². The summed E-state index contributed by atoms with van der Waals surface area (Å²) in [6, 6.07) is 0. The van der Waals surface area contributed by atoms with Crippen LogP contribution in [0.15, 0.2) is 12.3 Å². The van der Waals surface area contributed by atoms with Gasteiger partial charge in [0.15, 0.2) is 5.69 Å². The van der Waals surface area contributed by atoms with Gasteiger partial charge >= 0.3 is 11.9 Å². The first-order valence-corrected chi connectivity index (χ1v) is 3.68. The van der Waals surface area contributed by atoms with Crippen molar-refractivity contribution in [3.05, 3.63) is 23.5 Å². The van der Waals surface area contributed by atoms with Gasteiger partial charge in [0.1, 0.15) is 0 Å². The van der Waals surface area contributed by atoms with Crippen LogP contribution in [-0.4, -0.2) is 34.4 Å². The van der Waals surface area contributed by atoms with E-state index in [0.717, 1.165) is 6.08 Å². The van der Waals surface area contributed by atoms with Crippen molar-refractivity contribution in [2.75, 3.05) is 7.11 Å². The van der Waals surface area contributed by atoms with Crippen LogP contribution in [0.3, 0.4) is 0 Å². The first-order chi connectivity index (χ1) is 6.65. The Bertz CT molecular complexity index is 380. The van der Waals surface area contributed by atoms with Crippen LogP contribution in [0.25, 0.3) is 6.08 Å². The standard InChI is InChI=1S/C8H8N2O4/c1-14-8(13)7-5(4-9-10-7)2-3-6(11)12/h2-4H,1H3,(H,9,10)(H,11,12). The molecule has 1 rings (SSSR count). The van der Waals surface area contributed by atoms with Crippen molar-refractivity contribution >= 4 is 18.0 Å². The Kier molecular flexibility index (Phi) is 3.01. The van der Waals surface area contributed by atoms with Crippen LogP contribution >= 0.6 is 0 Å². The van der Waals surface area contributed by atoms with Crippen LogP contribution in [0.5, 0.6) is 0 Å². The lowest BCUT2D eigenvalue weighted by atomic mass is 10.2. The van der Waals surface area contributed by atoms with Crippen molar-refractivity contribution in [3.63, 3.8) is 0 Å². The predicted octanol–water partition coefficient (Wildman–Crippen LogP) is 0.294. The van der Waals surface area contributed by atoms with Crippen molar-refractivity contribution in [2.45, 2.75) is 0 Å². The molecule has 1 aromatic heterocycles. The number of H-pyrrole nitrogens is 1. The van der Waals surface area contributed by atoms with Crippen LogP contribution in [-0.2, 0) is 9.53 Å². The van der Waals surface area contributed by atoms with Gasteiger partial charge in [-0.2, -0.15) is 5.10 Å². The fourth-order valence-electron chi connectivity index (χ4n) is 0.848. The monoisotopic (exact) mass is 196 g/mol. The van der Waals surface area contributed by atoms with Crippen LogP contribution in [0.1, 0.15) is 16.1 Å². The summed E-state index contributed by atoms with van der Waals surface area (Å²) in [6.45, 7) is 0. The van der Waals surface area contributed by atoms with E-state index in [4.69, 9.17) is 5.11 Å². The smallest absolute Gasteiger partial charge is 0.356 e. The minimum atomic E-state index is -1.10. The lowest BCUT2D eigenvalue weighted by Gasteiger charge is -1.95. The number of aromatic nitrogens is 2. The third-order valence-corrected chi connectivity index (χ3v) is 1.46. The quantitative estimate of drug-likeness (QED) is 0.535. The van der Waals surface area contributed by atoms with E-state index in [1.165, 1.54) is 19.4 Å². The largest absolute Gasteiger partial charge is 0.478 e. The average molecular weight is 196 g/mol. The van der Waals surface area contributed by atoms with Crippen molar-refractivity contribution in [2.24, 2.45) is 0 Å². The Morgan fingerprint density at radius 3 is 2.93 bits per heavy atom. The van der Waals surface area contributed by atoms with E-state index in [9.17, 15) is 9.59 Å². The minimum Gasteiger partial charge on any atom is -0.478 e. The molecule has 2 N–H and O–H groups in total. The Morgan fingerprint density at radius 2 is 2.36 bits per heavy atom. The lowest BCUT2D eigenvalue weighted by molar-refractivity contribution is -0.131. The number of esters is 1. The van der Waals surface area contributed by atoms with E-state index < -0.39 is 11.9 Å². The number of aromatic amines is 1. The molecule has 1 heterocycles. The molecule has 6 nitrogen and oxygen atoms in total. The molecule has 6 heteroatoms. The molecule has 0 saturated heterocycles. The van der Waals surface area contributed by atoms with E-state index in [1.54, 1.807) is 0 Å². The molecular weight excluding hydrogens is 188 g/mol. The van der Waals surface area contributed by atoms with E-state index in [0.29, 0.717) is 5.56 Å². The Hall–Kier alpha value is -2.11. The molecule has 0 unspecified atom stereocenters. The number of nitrogens with zero attached hydrogens (tertiary/aromatic N) is 1. The topological polar surface area (TPSA) is 92.3 Å². The van der Waals surface area contributed by atoms with Crippen molar-refractivity contribution in [1.82, 2.24) is 10.2 Å². The number of rotatable bonds is 3. The molecule has 0 aliphatic carbocycles. The molecule has 0 amide bonds. The summed E-state index contributed by atoms with van der Waals surface area (Å²) in [5.41, 5.74) is 0.504. The number of ether oxygens (including phenoxy) is 1. The second-order valence-corrected chi connectivity index (χ2v) is 2.36. The maximum absolute atomic E-state index is 11.1. The number of hydrogen-bond donors (Lipinski definition) is 2. The number of carboxylic acid groups (broad SMARTS) is 1. The Labute approximate surface area is 79.2 Å². The highest BCUT2D eigenvalue weighted by atomic mass is 16.5. The zero-order chi connectivity index (χ0) is 10.6. The normalized spacial score (nSPS) is 10.4. The van der Waals surface area contributed by atoms with E-state index in [-0.39, 0.29) is 5.69 Å². The van der Waals surface area contributed by atoms with Gasteiger partial charge in [0, 0.05) is 11.6 Å². The molecule has 0 bridgehead atoms. The van der Waals surface area contributed by atoms with Crippen LogP contribution in [0.2, 0.25) is 0 Å². The highest BCUT2D eigenvalue weighted by molar-refractivity contribution is 5.93. The third kappa shape index (κ3) is 2.19. The predicted molar refractivity (Wildman–Crippen MR) is 46.6 cm³/mol. The lowest BCUT2D eigenvalue weighted by Crippen LogP contribution is -2.03. The molecule has 74 valence electrons. The summed E-state index contributed by atoms with van der Waals surface area (Å²) in [6.07, 6.45) is 3.51. The molecule has 0 aliphatic rings. The van der Waals surface area contributed by atoms with E-state index in [1.807, 2.05) is 0 Å². The highest BCUT2D eigenvalue weighted by Gasteiger charge is 2.11. The van der Waals surface area contributed by atoms with Gasteiger partial charge in [-0.25, -0.2) is 9.59 Å². The van der Waals surface area contributed by atoms with Gasteiger partial charge in [0.2, 0.25) is 0 Å². The fourth-order valence-corrected chi connectivity index (χ4v) is 0.848. The van der Waals surface area contributed by atoms with Gasteiger partial charge < -0.3 is 9.84 Å². The summed E-state index contributed by atoms with van der Waals surface area (Å²) in [5, 5.41) is 14.4. The summed E-state index contributed by atoms with van der Waals surface area (Å²) >= 11 is 0. The first kappa shape index (κ1) is 9.97. The van der Waals surface area contributed by atoms with Gasteiger partial charge in [-0.3, -0.25) is 5.10 Å². The fraction of sp³-hybridized carbons (Fsp3) is 0.125. The number of hydrogen-bond acceptors (Lipinski definition) is 4. The number of aliphatic carboxylic acids is 1. The van der Waals surface area contributed by atoms with Gasteiger partial charge in [-0.1, -0.05) is 0 Å². The maximum Gasteiger partial charge on any atom is 0.356 e. The van der Waals surface area contributed by atoms with Crippen molar-refractivity contribution < 1.29 is 19.4 Å². The maximum atomic E-state index is 11.1. The van der Waals surface area contributed by atoms with Gasteiger partial charge in [-0.05, 0) is 6.08 Å². The van der Waals surface area contributed by atoms with Gasteiger partial charge in [0.05, 0.1) is 13.3 Å². The van der Waals surface area contributed by atoms with Crippen molar-refractivity contribution in [3.8, 4) is 0 Å². The zero-order valence-corrected chi connectivity index (χ0v) is 7.35. The molecule has 0 aromatic carbocycles. The Morgan fingerprint density at radius 1 is 1.64 bits per heavy atom. The molecule has 0 spiro atoms. The molecule has 14 heavy (non-hydrogen) atoms. The third-order valence-electron chi connectivity index (χ3n) is 1.46. The SMILES string of the molecule is COC(=O)c1[nH]ncc1C=CC(=O)O. The first-order valence-electron chi connectivity index (χ1n) is 3.68. The van der Waals surface area contributed by atoms with Crippen LogP contribution in [0.4, 0.5) is 0 Å². The molecular formula is C8H8N2O4. The molecule has 1 aromatic rings. The number of carbonyl (C=O) groups excluding carboxylic acids is 1. The Balaban J connectivity index is 2.93. The molecule has 0 aliphatic heterocycles. The van der Waals surface area contributed by atoms with E-state index in [2.05, 4.69) is 14.9 Å². The van der Waals surface area contributed by atoms with Gasteiger partial charge in [-0.15, -0.1) is 0 Å². The molecule has 0 radical (unpaired) electrons. The number of carboxylic acids is 1. The zero-order valence-electron chi connectivity index (χ0n) is 7.35. The summed E-state index contributed by atoms with van der Waals surface area (Å²) < 4.78 is 4.45. The molecule has 0 saturated carbocycles. The van der Waals surface area contributed by atoms with Crippen LogP contribution in [0, 0.1) is 0 Å². The molecule has 0 atom stereocenters. The van der Waals surface area contributed by atoms with Crippen molar-refractivity contribution in [1.29, 1.82) is 0 Å². The summed E-state index contributed by atoms with van der Waals surface area (Å²) in [4.78, 5) is 21.3. The van der Waals surface area contributed by atoms with Gasteiger partial charge in [0.25, 0.3) is 0 Å². The second kappa shape index (κ2) is 4.22. The minimum absolute atomic E-state index is 0.130. The summed E-state index contributed by atoms with van der Waals surface area (Å²) in [7, 11) is 1.23. The summed E-state index contributed by atoms with van der Waals surface area (Å²) in [5.74, 6) is -1.69. The number of carbonyl (C=O) groups is 2. The average Bonchev–Trinajstić information content (AvgIpc) is 2.61. The molecule has 0 fully saturated rings. The number of nitrogens with one attached hydrogen (secondary N) is 1. The second-order valence-electron chi connectivity index (χ2n) is 2.36. The highest BCUT2D eigenvalue weighted by Crippen LogP contribution is 2.07.